The third-order valence-electron chi connectivity index (χ3n) is 6.52. The van der Waals surface area contributed by atoms with Crippen molar-refractivity contribution in [3.8, 4) is 5.69 Å². The van der Waals surface area contributed by atoms with Crippen LogP contribution < -0.4 is 10.2 Å². The summed E-state index contributed by atoms with van der Waals surface area (Å²) in [6, 6.07) is 23.6. The van der Waals surface area contributed by atoms with Gasteiger partial charge in [-0.1, -0.05) is 12.1 Å². The highest BCUT2D eigenvalue weighted by Crippen LogP contribution is 2.42. The second kappa shape index (κ2) is 9.35. The summed E-state index contributed by atoms with van der Waals surface area (Å²) in [7, 11) is 1.38. The number of carbonyl (C=O) groups is 1. The lowest BCUT2D eigenvalue weighted by atomic mass is 10.00. The Bertz CT molecular complexity index is 1380. The second-order valence-electron chi connectivity index (χ2n) is 8.61. The van der Waals surface area contributed by atoms with Gasteiger partial charge in [0.1, 0.15) is 6.04 Å². The summed E-state index contributed by atoms with van der Waals surface area (Å²) in [4.78, 5) is 18.7. The standard InChI is InChI=1S/C28H26N4O2S/c1-18-9-12-22(17-19(18)2)32-26(25(30-28(32)35)23-7-4-5-15-29-23)24-8-6-16-31(24)21-13-10-20(11-14-21)27(33)34-3/h4-17,25-26H,1-3H3,(H,30,35)/t25-,26+/m0/s1. The molecule has 0 amide bonds. The number of hydrogen-bond donors (Lipinski definition) is 1. The van der Waals surface area contributed by atoms with Crippen molar-refractivity contribution in [2.24, 2.45) is 0 Å². The van der Waals surface area contributed by atoms with E-state index in [0.29, 0.717) is 10.7 Å². The van der Waals surface area contributed by atoms with Crippen LogP contribution in [-0.4, -0.2) is 27.7 Å². The second-order valence-corrected chi connectivity index (χ2v) is 8.99. The monoisotopic (exact) mass is 482 g/mol. The number of benzene rings is 2. The smallest absolute Gasteiger partial charge is 0.337 e. The molecule has 2 atom stereocenters. The lowest BCUT2D eigenvalue weighted by Gasteiger charge is -2.29. The summed E-state index contributed by atoms with van der Waals surface area (Å²) in [5.41, 5.74) is 6.89. The summed E-state index contributed by atoms with van der Waals surface area (Å²) < 4.78 is 6.98. The van der Waals surface area contributed by atoms with Crippen molar-refractivity contribution in [2.75, 3.05) is 12.0 Å². The van der Waals surface area contributed by atoms with Crippen LogP contribution in [0.1, 0.15) is 45.0 Å². The maximum absolute atomic E-state index is 11.9. The molecule has 0 spiro atoms. The molecule has 2 aromatic carbocycles. The Morgan fingerprint density at radius 3 is 2.43 bits per heavy atom. The number of thiocarbonyl (C=S) groups is 1. The quantitative estimate of drug-likeness (QED) is 0.301. The fraction of sp³-hybridized carbons (Fsp3) is 0.179. The highest BCUT2D eigenvalue weighted by molar-refractivity contribution is 7.80. The number of anilines is 1. The van der Waals surface area contributed by atoms with Gasteiger partial charge in [0.15, 0.2) is 5.11 Å². The predicted octanol–water partition coefficient (Wildman–Crippen LogP) is 5.45. The average molecular weight is 483 g/mol. The fourth-order valence-electron chi connectivity index (χ4n) is 4.56. The molecule has 7 heteroatoms. The first-order valence-corrected chi connectivity index (χ1v) is 11.8. The van der Waals surface area contributed by atoms with E-state index in [0.717, 1.165) is 22.8 Å². The molecule has 6 nitrogen and oxygen atoms in total. The number of aryl methyl sites for hydroxylation is 2. The van der Waals surface area contributed by atoms with E-state index in [4.69, 9.17) is 17.0 Å². The van der Waals surface area contributed by atoms with Gasteiger partial charge < -0.3 is 19.5 Å². The molecule has 0 bridgehead atoms. The highest BCUT2D eigenvalue weighted by atomic mass is 32.1. The number of nitrogens with zero attached hydrogens (tertiary/aromatic N) is 3. The Hall–Kier alpha value is -3.97. The Morgan fingerprint density at radius 1 is 0.971 bits per heavy atom. The molecule has 0 unspecified atom stereocenters. The van der Waals surface area contributed by atoms with Crippen LogP contribution >= 0.6 is 12.2 Å². The highest BCUT2D eigenvalue weighted by Gasteiger charge is 2.42. The van der Waals surface area contributed by atoms with Crippen LogP contribution in [0.5, 0.6) is 0 Å². The molecule has 1 N–H and O–H groups in total. The van der Waals surface area contributed by atoms with Gasteiger partial charge in [0, 0.05) is 29.5 Å². The molecule has 0 radical (unpaired) electrons. The van der Waals surface area contributed by atoms with Crippen molar-refractivity contribution in [3.05, 3.63) is 113 Å². The van der Waals surface area contributed by atoms with Crippen LogP contribution in [0.3, 0.4) is 0 Å². The van der Waals surface area contributed by atoms with Crippen LogP contribution in [0.15, 0.2) is 85.2 Å². The number of aromatic nitrogens is 2. The molecule has 1 aliphatic rings. The minimum atomic E-state index is -0.356. The summed E-state index contributed by atoms with van der Waals surface area (Å²) in [5, 5.41) is 4.18. The van der Waals surface area contributed by atoms with E-state index in [2.05, 4.69) is 57.9 Å². The average Bonchev–Trinajstić information content (AvgIpc) is 3.50. The number of esters is 1. The van der Waals surface area contributed by atoms with Crippen LogP contribution in [0.25, 0.3) is 5.69 Å². The van der Waals surface area contributed by atoms with E-state index in [1.807, 2.05) is 42.6 Å². The normalized spacial score (nSPS) is 17.3. The van der Waals surface area contributed by atoms with E-state index >= 15 is 0 Å². The van der Waals surface area contributed by atoms with Gasteiger partial charge in [-0.2, -0.15) is 0 Å². The van der Waals surface area contributed by atoms with E-state index in [-0.39, 0.29) is 18.1 Å². The van der Waals surface area contributed by atoms with E-state index in [9.17, 15) is 4.79 Å². The van der Waals surface area contributed by atoms with Crippen molar-refractivity contribution in [1.82, 2.24) is 14.9 Å². The van der Waals surface area contributed by atoms with Crippen molar-refractivity contribution in [1.29, 1.82) is 0 Å². The Labute approximate surface area is 210 Å². The minimum absolute atomic E-state index is 0.144. The maximum atomic E-state index is 11.9. The third kappa shape index (κ3) is 4.19. The van der Waals surface area contributed by atoms with Crippen molar-refractivity contribution >= 4 is 29.0 Å². The first kappa shape index (κ1) is 22.8. The number of carbonyl (C=O) groups excluding carboxylic acids is 1. The van der Waals surface area contributed by atoms with Crippen LogP contribution in [0.4, 0.5) is 5.69 Å². The molecule has 35 heavy (non-hydrogen) atoms. The van der Waals surface area contributed by atoms with Gasteiger partial charge in [0.05, 0.1) is 24.4 Å². The molecular weight excluding hydrogens is 456 g/mol. The lowest BCUT2D eigenvalue weighted by molar-refractivity contribution is 0.0600. The molecule has 0 saturated carbocycles. The van der Waals surface area contributed by atoms with Gasteiger partial charge in [-0.05, 0) is 97.9 Å². The number of hydrogen-bond acceptors (Lipinski definition) is 4. The van der Waals surface area contributed by atoms with Crippen molar-refractivity contribution in [3.63, 3.8) is 0 Å². The number of rotatable bonds is 5. The van der Waals surface area contributed by atoms with Gasteiger partial charge >= 0.3 is 5.97 Å². The Morgan fingerprint density at radius 2 is 1.74 bits per heavy atom. The molecule has 176 valence electrons. The molecule has 1 aliphatic heterocycles. The Balaban J connectivity index is 1.63. The molecular formula is C28H26N4O2S. The molecule has 4 aromatic rings. The summed E-state index contributed by atoms with van der Waals surface area (Å²) in [6.07, 6.45) is 3.83. The van der Waals surface area contributed by atoms with Gasteiger partial charge in [-0.25, -0.2) is 4.79 Å². The van der Waals surface area contributed by atoms with Crippen molar-refractivity contribution in [2.45, 2.75) is 25.9 Å². The molecule has 1 fully saturated rings. The topological polar surface area (TPSA) is 59.4 Å². The van der Waals surface area contributed by atoms with E-state index in [1.54, 1.807) is 18.3 Å². The van der Waals surface area contributed by atoms with Gasteiger partial charge in [-0.3, -0.25) is 4.98 Å². The van der Waals surface area contributed by atoms with Crippen LogP contribution in [-0.2, 0) is 4.74 Å². The zero-order valence-corrected chi connectivity index (χ0v) is 20.6. The maximum Gasteiger partial charge on any atom is 0.337 e. The zero-order chi connectivity index (χ0) is 24.5. The van der Waals surface area contributed by atoms with E-state index in [1.165, 1.54) is 18.2 Å². The third-order valence-corrected chi connectivity index (χ3v) is 6.83. The van der Waals surface area contributed by atoms with Crippen LogP contribution in [0, 0.1) is 13.8 Å². The molecule has 3 heterocycles. The lowest BCUT2D eigenvalue weighted by Crippen LogP contribution is -2.30. The number of pyridine rings is 1. The van der Waals surface area contributed by atoms with Gasteiger partial charge in [0.25, 0.3) is 0 Å². The number of ether oxygens (including phenoxy) is 1. The number of methoxy groups -OCH3 is 1. The van der Waals surface area contributed by atoms with Gasteiger partial charge in [0.2, 0.25) is 0 Å². The summed E-state index contributed by atoms with van der Waals surface area (Å²) >= 11 is 5.87. The van der Waals surface area contributed by atoms with Crippen molar-refractivity contribution < 1.29 is 9.53 Å². The molecule has 1 saturated heterocycles. The first-order valence-electron chi connectivity index (χ1n) is 11.4. The van der Waals surface area contributed by atoms with Crippen LogP contribution in [0.2, 0.25) is 0 Å². The summed E-state index contributed by atoms with van der Waals surface area (Å²) in [5.74, 6) is -0.356. The van der Waals surface area contributed by atoms with Gasteiger partial charge in [-0.15, -0.1) is 0 Å². The fourth-order valence-corrected chi connectivity index (χ4v) is 4.90. The SMILES string of the molecule is COC(=O)c1ccc(-n2cccc2[C@@H]2[C@H](c3ccccn3)NC(=S)N2c2ccc(C)c(C)c2)cc1. The molecule has 0 aliphatic carbocycles. The number of nitrogens with one attached hydrogen (secondary N) is 1. The molecule has 5 rings (SSSR count). The predicted molar refractivity (Wildman–Crippen MR) is 141 cm³/mol. The summed E-state index contributed by atoms with van der Waals surface area (Å²) in [6.45, 7) is 4.22. The molecule has 2 aromatic heterocycles. The first-order chi connectivity index (χ1) is 17.0. The minimum Gasteiger partial charge on any atom is -0.465 e. The van der Waals surface area contributed by atoms with E-state index < -0.39 is 0 Å². The Kier molecular flexibility index (Phi) is 6.09. The largest absolute Gasteiger partial charge is 0.465 e. The zero-order valence-electron chi connectivity index (χ0n) is 19.8.